The van der Waals surface area contributed by atoms with Crippen LogP contribution in [0, 0.1) is 5.92 Å². The molecule has 1 heteroatoms. The molecule has 1 aliphatic carbocycles. The van der Waals surface area contributed by atoms with Crippen LogP contribution < -0.4 is 0 Å². The fourth-order valence-electron chi connectivity index (χ4n) is 4.47. The molecule has 1 unspecified atom stereocenters. The minimum absolute atomic E-state index is 0.877. The van der Waals surface area contributed by atoms with E-state index in [2.05, 4.69) is 54.5 Å². The standard InChI is InChI=1S/C16H32Si/c1-12(2)17(13(3)4,14(5)6)16-10-8-15(7)9-11-16/h10,12-15H,8-9,11H2,1-7H3. The number of hydrogen-bond acceptors (Lipinski definition) is 0. The molecule has 0 fully saturated rings. The minimum atomic E-state index is -1.30. The second-order valence-electron chi connectivity index (χ2n) is 7.01. The monoisotopic (exact) mass is 252 g/mol. The van der Waals surface area contributed by atoms with E-state index in [-0.39, 0.29) is 0 Å². The number of hydrogen-bond donors (Lipinski definition) is 0. The van der Waals surface area contributed by atoms with Crippen LogP contribution in [0.4, 0.5) is 0 Å². The molecule has 0 N–H and O–H groups in total. The highest BCUT2D eigenvalue weighted by Gasteiger charge is 2.45. The molecular weight excluding hydrogens is 220 g/mol. The van der Waals surface area contributed by atoms with E-state index < -0.39 is 8.07 Å². The molecule has 100 valence electrons. The van der Waals surface area contributed by atoms with Crippen molar-refractivity contribution in [3.63, 3.8) is 0 Å². The zero-order valence-corrected chi connectivity index (χ0v) is 14.0. The third-order valence-corrected chi connectivity index (χ3v) is 12.4. The van der Waals surface area contributed by atoms with Crippen LogP contribution in [0.1, 0.15) is 67.7 Å². The second kappa shape index (κ2) is 5.73. The Bertz CT molecular complexity index is 251. The lowest BCUT2D eigenvalue weighted by Crippen LogP contribution is -2.47. The molecule has 1 rings (SSSR count). The summed E-state index contributed by atoms with van der Waals surface area (Å²) in [6.07, 6.45) is 6.78. The van der Waals surface area contributed by atoms with E-state index in [0.29, 0.717) is 0 Å². The summed E-state index contributed by atoms with van der Waals surface area (Å²) >= 11 is 0. The zero-order valence-electron chi connectivity index (χ0n) is 13.0. The van der Waals surface area contributed by atoms with E-state index in [4.69, 9.17) is 0 Å². The van der Waals surface area contributed by atoms with Gasteiger partial charge in [0, 0.05) is 0 Å². The Hall–Kier alpha value is -0.0431. The Labute approximate surface area is 110 Å². The van der Waals surface area contributed by atoms with Crippen LogP contribution in [-0.4, -0.2) is 8.07 Å². The summed E-state index contributed by atoms with van der Waals surface area (Å²) in [6.45, 7) is 17.3. The molecular formula is C16H32Si. The minimum Gasteiger partial charge on any atom is -0.0888 e. The van der Waals surface area contributed by atoms with E-state index in [9.17, 15) is 0 Å². The molecule has 0 aliphatic heterocycles. The van der Waals surface area contributed by atoms with Crippen molar-refractivity contribution in [2.24, 2.45) is 5.92 Å². The summed E-state index contributed by atoms with van der Waals surface area (Å²) in [4.78, 5) is 0. The van der Waals surface area contributed by atoms with Gasteiger partial charge in [0.1, 0.15) is 0 Å². The summed E-state index contributed by atoms with van der Waals surface area (Å²) < 4.78 is 0. The molecule has 1 aliphatic rings. The van der Waals surface area contributed by atoms with E-state index in [1.807, 2.05) is 5.20 Å². The van der Waals surface area contributed by atoms with Crippen LogP contribution in [0.2, 0.25) is 16.6 Å². The summed E-state index contributed by atoms with van der Waals surface area (Å²) in [6, 6.07) is 0. The van der Waals surface area contributed by atoms with Crippen molar-refractivity contribution in [2.45, 2.75) is 84.4 Å². The molecule has 0 saturated heterocycles. The van der Waals surface area contributed by atoms with Crippen LogP contribution in [0.25, 0.3) is 0 Å². The normalized spacial score (nSPS) is 22.5. The van der Waals surface area contributed by atoms with Gasteiger partial charge < -0.3 is 0 Å². The van der Waals surface area contributed by atoms with Gasteiger partial charge in [-0.2, -0.15) is 0 Å². The third kappa shape index (κ3) is 2.70. The van der Waals surface area contributed by atoms with E-state index in [1.165, 1.54) is 19.3 Å². The molecule has 0 spiro atoms. The van der Waals surface area contributed by atoms with Gasteiger partial charge in [-0.25, -0.2) is 0 Å². The van der Waals surface area contributed by atoms with Gasteiger partial charge in [0.15, 0.2) is 0 Å². The summed E-state index contributed by atoms with van der Waals surface area (Å²) in [5.74, 6) is 0.914. The number of rotatable bonds is 4. The largest absolute Gasteiger partial charge is 0.0888 e. The number of allylic oxidation sites excluding steroid dienone is 2. The predicted octanol–water partition coefficient (Wildman–Crippen LogP) is 5.95. The quantitative estimate of drug-likeness (QED) is 0.542. The van der Waals surface area contributed by atoms with Crippen LogP contribution in [0.15, 0.2) is 11.3 Å². The molecule has 0 heterocycles. The van der Waals surface area contributed by atoms with Crippen molar-refractivity contribution in [2.75, 3.05) is 0 Å². The fraction of sp³-hybridized carbons (Fsp3) is 0.875. The van der Waals surface area contributed by atoms with E-state index in [1.54, 1.807) is 0 Å². The topological polar surface area (TPSA) is 0 Å². The maximum absolute atomic E-state index is 2.64. The molecule has 0 radical (unpaired) electrons. The summed E-state index contributed by atoms with van der Waals surface area (Å²) in [5, 5.41) is 1.90. The molecule has 0 amide bonds. The van der Waals surface area contributed by atoms with Crippen molar-refractivity contribution in [1.29, 1.82) is 0 Å². The van der Waals surface area contributed by atoms with Crippen molar-refractivity contribution in [3.05, 3.63) is 11.3 Å². The molecule has 1 atom stereocenters. The molecule has 17 heavy (non-hydrogen) atoms. The molecule has 0 aromatic heterocycles. The van der Waals surface area contributed by atoms with Crippen LogP contribution in [0.3, 0.4) is 0 Å². The lowest BCUT2D eigenvalue weighted by Gasteiger charge is -2.46. The first-order valence-electron chi connectivity index (χ1n) is 7.52. The van der Waals surface area contributed by atoms with E-state index >= 15 is 0 Å². The van der Waals surface area contributed by atoms with E-state index in [0.717, 1.165) is 22.5 Å². The molecule has 0 aromatic carbocycles. The van der Waals surface area contributed by atoms with Gasteiger partial charge >= 0.3 is 0 Å². The van der Waals surface area contributed by atoms with Crippen molar-refractivity contribution in [3.8, 4) is 0 Å². The average Bonchev–Trinajstić information content (AvgIpc) is 2.20. The third-order valence-electron chi connectivity index (χ3n) is 5.10. The first-order valence-corrected chi connectivity index (χ1v) is 9.76. The van der Waals surface area contributed by atoms with Gasteiger partial charge in [-0.1, -0.05) is 59.7 Å². The molecule has 0 aromatic rings. The lowest BCUT2D eigenvalue weighted by molar-refractivity contribution is 0.518. The Kier molecular flexibility index (Phi) is 5.06. The first-order chi connectivity index (χ1) is 7.83. The van der Waals surface area contributed by atoms with Gasteiger partial charge in [-0.15, -0.1) is 0 Å². The average molecular weight is 253 g/mol. The molecule has 0 nitrogen and oxygen atoms in total. The van der Waals surface area contributed by atoms with Crippen LogP contribution >= 0.6 is 0 Å². The fourth-order valence-corrected chi connectivity index (χ4v) is 11.7. The highest BCUT2D eigenvalue weighted by molar-refractivity contribution is 6.89. The van der Waals surface area contributed by atoms with Gasteiger partial charge in [-0.3, -0.25) is 0 Å². The Morgan fingerprint density at radius 2 is 1.47 bits per heavy atom. The highest BCUT2D eigenvalue weighted by Crippen LogP contribution is 2.49. The highest BCUT2D eigenvalue weighted by atomic mass is 28.3. The van der Waals surface area contributed by atoms with Gasteiger partial charge in [0.25, 0.3) is 0 Å². The smallest absolute Gasteiger partial charge is 0.0886 e. The molecule has 0 saturated carbocycles. The summed E-state index contributed by atoms with van der Waals surface area (Å²) in [7, 11) is -1.30. The second-order valence-corrected chi connectivity index (χ2v) is 13.0. The maximum Gasteiger partial charge on any atom is 0.0886 e. The predicted molar refractivity (Wildman–Crippen MR) is 82.1 cm³/mol. The first kappa shape index (κ1) is 15.0. The summed E-state index contributed by atoms with van der Waals surface area (Å²) in [5.41, 5.74) is 2.63. The SMILES string of the molecule is CC1CC=C([Si](C(C)C)(C(C)C)C(C)C)CC1. The van der Waals surface area contributed by atoms with Gasteiger partial charge in [0.2, 0.25) is 0 Å². The molecule has 0 bridgehead atoms. The Morgan fingerprint density at radius 1 is 1.00 bits per heavy atom. The van der Waals surface area contributed by atoms with Crippen LogP contribution in [-0.2, 0) is 0 Å². The van der Waals surface area contributed by atoms with Crippen molar-refractivity contribution >= 4 is 8.07 Å². The van der Waals surface area contributed by atoms with Gasteiger partial charge in [0.05, 0.1) is 8.07 Å². The maximum atomic E-state index is 2.64. The zero-order chi connectivity index (χ0) is 13.2. The van der Waals surface area contributed by atoms with Crippen molar-refractivity contribution < 1.29 is 0 Å². The van der Waals surface area contributed by atoms with Crippen LogP contribution in [0.5, 0.6) is 0 Å². The Balaban J connectivity index is 3.14. The Morgan fingerprint density at radius 3 is 1.76 bits per heavy atom. The lowest BCUT2D eigenvalue weighted by atomic mass is 9.96. The van der Waals surface area contributed by atoms with Gasteiger partial charge in [-0.05, 0) is 41.8 Å². The van der Waals surface area contributed by atoms with Crippen molar-refractivity contribution in [1.82, 2.24) is 0 Å².